The van der Waals surface area contributed by atoms with Gasteiger partial charge in [0.2, 0.25) is 0 Å². The van der Waals surface area contributed by atoms with Crippen molar-refractivity contribution in [2.75, 3.05) is 26.4 Å². The molecule has 0 aromatic carbocycles. The minimum absolute atomic E-state index is 0.269. The van der Waals surface area contributed by atoms with Crippen LogP contribution in [0.2, 0.25) is 0 Å². The molecule has 1 aliphatic carbocycles. The Hall–Kier alpha value is -0.120. The molecule has 0 radical (unpaired) electrons. The van der Waals surface area contributed by atoms with Crippen LogP contribution in [-0.4, -0.2) is 38.5 Å². The standard InChI is InChI=1S/C14H27NO2/c1-2-15-13-8-9-16-11-14(13)17-10-12-6-4-3-5-7-12/h12-15H,2-11H2,1H3. The molecule has 0 aromatic rings. The van der Waals surface area contributed by atoms with Crippen molar-refractivity contribution >= 4 is 0 Å². The van der Waals surface area contributed by atoms with E-state index in [0.29, 0.717) is 6.04 Å². The average Bonchev–Trinajstić information content (AvgIpc) is 2.39. The predicted molar refractivity (Wildman–Crippen MR) is 69.2 cm³/mol. The van der Waals surface area contributed by atoms with Crippen molar-refractivity contribution in [1.29, 1.82) is 0 Å². The Balaban J connectivity index is 1.71. The van der Waals surface area contributed by atoms with Crippen molar-refractivity contribution in [3.05, 3.63) is 0 Å². The first kappa shape index (κ1) is 13.3. The molecule has 0 bridgehead atoms. The molecule has 0 spiro atoms. The Labute approximate surface area is 105 Å². The van der Waals surface area contributed by atoms with Crippen molar-refractivity contribution in [1.82, 2.24) is 5.32 Å². The molecule has 2 aliphatic rings. The molecule has 1 saturated heterocycles. The summed E-state index contributed by atoms with van der Waals surface area (Å²) < 4.78 is 11.6. The number of ether oxygens (including phenoxy) is 2. The maximum Gasteiger partial charge on any atom is 0.0961 e. The first-order chi connectivity index (χ1) is 8.40. The zero-order chi connectivity index (χ0) is 11.9. The Morgan fingerprint density at radius 2 is 2.00 bits per heavy atom. The molecule has 1 N–H and O–H groups in total. The summed E-state index contributed by atoms with van der Waals surface area (Å²) in [5.74, 6) is 0.799. The van der Waals surface area contributed by atoms with Crippen molar-refractivity contribution < 1.29 is 9.47 Å². The highest BCUT2D eigenvalue weighted by Gasteiger charge is 2.26. The Kier molecular flexibility index (Phi) is 5.75. The molecule has 1 heterocycles. The second-order valence-electron chi connectivity index (χ2n) is 5.40. The van der Waals surface area contributed by atoms with Crippen LogP contribution in [-0.2, 0) is 9.47 Å². The van der Waals surface area contributed by atoms with E-state index in [4.69, 9.17) is 9.47 Å². The molecule has 2 fully saturated rings. The number of hydrogen-bond acceptors (Lipinski definition) is 3. The fourth-order valence-corrected chi connectivity index (χ4v) is 2.99. The molecule has 100 valence electrons. The van der Waals surface area contributed by atoms with E-state index in [-0.39, 0.29) is 6.10 Å². The lowest BCUT2D eigenvalue weighted by Crippen LogP contribution is -2.48. The van der Waals surface area contributed by atoms with Gasteiger partial charge < -0.3 is 14.8 Å². The van der Waals surface area contributed by atoms with Crippen LogP contribution in [0.25, 0.3) is 0 Å². The van der Waals surface area contributed by atoms with Gasteiger partial charge in [-0.1, -0.05) is 26.2 Å². The first-order valence-corrected chi connectivity index (χ1v) is 7.33. The van der Waals surface area contributed by atoms with Gasteiger partial charge in [0, 0.05) is 19.3 Å². The summed E-state index contributed by atoms with van der Waals surface area (Å²) in [5, 5.41) is 3.52. The highest BCUT2D eigenvalue weighted by atomic mass is 16.5. The highest BCUT2D eigenvalue weighted by molar-refractivity contribution is 4.80. The topological polar surface area (TPSA) is 30.5 Å². The normalized spacial score (nSPS) is 31.6. The fourth-order valence-electron chi connectivity index (χ4n) is 2.99. The summed E-state index contributed by atoms with van der Waals surface area (Å²) in [6, 6.07) is 0.498. The summed E-state index contributed by atoms with van der Waals surface area (Å²) in [6.07, 6.45) is 8.29. The number of rotatable bonds is 5. The molecule has 2 unspecified atom stereocenters. The summed E-state index contributed by atoms with van der Waals surface area (Å²) >= 11 is 0. The Morgan fingerprint density at radius 3 is 2.76 bits per heavy atom. The van der Waals surface area contributed by atoms with Gasteiger partial charge in [0.25, 0.3) is 0 Å². The van der Waals surface area contributed by atoms with Crippen LogP contribution >= 0.6 is 0 Å². The van der Waals surface area contributed by atoms with E-state index in [1.807, 2.05) is 0 Å². The second-order valence-corrected chi connectivity index (χ2v) is 5.40. The van der Waals surface area contributed by atoms with Gasteiger partial charge in [-0.2, -0.15) is 0 Å². The van der Waals surface area contributed by atoms with Gasteiger partial charge in [-0.3, -0.25) is 0 Å². The number of nitrogens with one attached hydrogen (secondary N) is 1. The molecule has 0 amide bonds. The lowest BCUT2D eigenvalue weighted by atomic mass is 9.90. The lowest BCUT2D eigenvalue weighted by Gasteiger charge is -2.33. The zero-order valence-corrected chi connectivity index (χ0v) is 11.1. The molecule has 3 nitrogen and oxygen atoms in total. The quantitative estimate of drug-likeness (QED) is 0.801. The summed E-state index contributed by atoms with van der Waals surface area (Å²) in [6.45, 7) is 5.77. The van der Waals surface area contributed by atoms with Crippen molar-refractivity contribution in [2.45, 2.75) is 57.6 Å². The van der Waals surface area contributed by atoms with Gasteiger partial charge in [0.05, 0.1) is 12.7 Å². The molecule has 17 heavy (non-hydrogen) atoms. The molecule has 2 atom stereocenters. The van der Waals surface area contributed by atoms with E-state index in [1.165, 1.54) is 32.1 Å². The summed E-state index contributed by atoms with van der Waals surface area (Å²) in [7, 11) is 0. The lowest BCUT2D eigenvalue weighted by molar-refractivity contribution is -0.0798. The van der Waals surface area contributed by atoms with Gasteiger partial charge in [0.1, 0.15) is 0 Å². The number of hydrogen-bond donors (Lipinski definition) is 1. The maximum atomic E-state index is 6.10. The van der Waals surface area contributed by atoms with Crippen molar-refractivity contribution in [2.24, 2.45) is 5.92 Å². The van der Waals surface area contributed by atoms with Gasteiger partial charge in [-0.25, -0.2) is 0 Å². The van der Waals surface area contributed by atoms with Crippen LogP contribution in [0.5, 0.6) is 0 Å². The molecule has 3 heteroatoms. The maximum absolute atomic E-state index is 6.10. The zero-order valence-electron chi connectivity index (χ0n) is 11.1. The van der Waals surface area contributed by atoms with Crippen LogP contribution in [0.1, 0.15) is 45.4 Å². The minimum Gasteiger partial charge on any atom is -0.379 e. The van der Waals surface area contributed by atoms with E-state index in [9.17, 15) is 0 Å². The largest absolute Gasteiger partial charge is 0.379 e. The Bertz CT molecular complexity index is 202. The molecule has 2 rings (SSSR count). The van der Waals surface area contributed by atoms with E-state index < -0.39 is 0 Å². The molecule has 0 aromatic heterocycles. The molecule has 1 aliphatic heterocycles. The second kappa shape index (κ2) is 7.34. The highest BCUT2D eigenvalue weighted by Crippen LogP contribution is 2.24. The third kappa shape index (κ3) is 4.23. The third-order valence-corrected chi connectivity index (χ3v) is 4.04. The summed E-state index contributed by atoms with van der Waals surface area (Å²) in [4.78, 5) is 0. The van der Waals surface area contributed by atoms with Crippen LogP contribution in [0, 0.1) is 5.92 Å². The van der Waals surface area contributed by atoms with Crippen LogP contribution in [0.3, 0.4) is 0 Å². The van der Waals surface area contributed by atoms with Crippen molar-refractivity contribution in [3.8, 4) is 0 Å². The van der Waals surface area contributed by atoms with Crippen LogP contribution in [0.15, 0.2) is 0 Å². The van der Waals surface area contributed by atoms with Crippen LogP contribution < -0.4 is 5.32 Å². The van der Waals surface area contributed by atoms with E-state index >= 15 is 0 Å². The third-order valence-electron chi connectivity index (χ3n) is 4.04. The average molecular weight is 241 g/mol. The fraction of sp³-hybridized carbons (Fsp3) is 1.00. The SMILES string of the molecule is CCNC1CCOCC1OCC1CCCCC1. The van der Waals surface area contributed by atoms with E-state index in [2.05, 4.69) is 12.2 Å². The van der Waals surface area contributed by atoms with Gasteiger partial charge >= 0.3 is 0 Å². The van der Waals surface area contributed by atoms with Gasteiger partial charge in [-0.05, 0) is 31.7 Å². The van der Waals surface area contributed by atoms with Crippen molar-refractivity contribution in [3.63, 3.8) is 0 Å². The van der Waals surface area contributed by atoms with E-state index in [1.54, 1.807) is 0 Å². The minimum atomic E-state index is 0.269. The molecule has 1 saturated carbocycles. The first-order valence-electron chi connectivity index (χ1n) is 7.33. The Morgan fingerprint density at radius 1 is 1.18 bits per heavy atom. The predicted octanol–water partition coefficient (Wildman–Crippen LogP) is 2.35. The van der Waals surface area contributed by atoms with Gasteiger partial charge in [-0.15, -0.1) is 0 Å². The molecular formula is C14H27NO2. The van der Waals surface area contributed by atoms with E-state index in [0.717, 1.165) is 38.7 Å². The number of likely N-dealkylation sites (N-methyl/N-ethyl adjacent to an activating group) is 1. The monoisotopic (exact) mass is 241 g/mol. The van der Waals surface area contributed by atoms with Gasteiger partial charge in [0.15, 0.2) is 0 Å². The molecular weight excluding hydrogens is 214 g/mol. The summed E-state index contributed by atoms with van der Waals surface area (Å²) in [5.41, 5.74) is 0. The van der Waals surface area contributed by atoms with Crippen LogP contribution in [0.4, 0.5) is 0 Å². The smallest absolute Gasteiger partial charge is 0.0961 e.